The van der Waals surface area contributed by atoms with Crippen molar-refractivity contribution < 1.29 is 23.8 Å². The number of amides is 1. The molecule has 0 saturated carbocycles. The topological polar surface area (TPSA) is 119 Å². The van der Waals surface area contributed by atoms with E-state index in [9.17, 15) is 9.59 Å². The standard InChI is InChI=1S/C37H40N4O5S/c1-37(2,3)46-36(43)32-28-16-17-41(21-23-10-12-26(44-4)13-11-23)31(33(28)47-34(32)38)20-39-35(42)30-19-25-18-27(14-15-29(25)40-30)45-22-24-8-6-5-7-9-24/h5-15,18-19,31,40H,16-17,20-22,38H2,1-4H3,(H,39,42). The third-order valence-electron chi connectivity index (χ3n) is 8.15. The van der Waals surface area contributed by atoms with Gasteiger partial charge in [0.25, 0.3) is 5.91 Å². The first-order valence-electron chi connectivity index (χ1n) is 15.7. The van der Waals surface area contributed by atoms with Gasteiger partial charge in [0, 0.05) is 35.4 Å². The highest BCUT2D eigenvalue weighted by atomic mass is 32.1. The lowest BCUT2D eigenvalue weighted by Crippen LogP contribution is -2.41. The fourth-order valence-corrected chi connectivity index (χ4v) is 7.12. The van der Waals surface area contributed by atoms with Crippen LogP contribution in [0, 0.1) is 0 Å². The van der Waals surface area contributed by atoms with Gasteiger partial charge in [0.1, 0.15) is 34.4 Å². The molecule has 6 rings (SSSR count). The van der Waals surface area contributed by atoms with Gasteiger partial charge >= 0.3 is 5.97 Å². The fraction of sp³-hybridized carbons (Fsp3) is 0.297. The summed E-state index contributed by atoms with van der Waals surface area (Å²) in [5.74, 6) is 0.887. The number of carbonyl (C=O) groups is 2. The first kappa shape index (κ1) is 32.2. The van der Waals surface area contributed by atoms with Gasteiger partial charge < -0.3 is 30.2 Å². The van der Waals surface area contributed by atoms with Crippen molar-refractivity contribution in [3.8, 4) is 11.5 Å². The third-order valence-corrected chi connectivity index (χ3v) is 9.31. The number of methoxy groups -OCH3 is 1. The van der Waals surface area contributed by atoms with Crippen LogP contribution < -0.4 is 20.5 Å². The average Bonchev–Trinajstić information content (AvgIpc) is 3.63. The third kappa shape index (κ3) is 7.45. The number of benzene rings is 3. The maximum Gasteiger partial charge on any atom is 0.341 e. The summed E-state index contributed by atoms with van der Waals surface area (Å²) >= 11 is 1.40. The van der Waals surface area contributed by atoms with E-state index < -0.39 is 11.6 Å². The summed E-state index contributed by atoms with van der Waals surface area (Å²) in [5.41, 5.74) is 10.7. The van der Waals surface area contributed by atoms with E-state index in [1.165, 1.54) is 11.3 Å². The molecule has 47 heavy (non-hydrogen) atoms. The van der Waals surface area contributed by atoms with Gasteiger partial charge in [0.15, 0.2) is 0 Å². The molecule has 0 aliphatic carbocycles. The molecule has 1 unspecified atom stereocenters. The van der Waals surface area contributed by atoms with Crippen LogP contribution in [-0.2, 0) is 24.3 Å². The molecule has 2 aromatic heterocycles. The molecule has 1 aliphatic heterocycles. The number of thiophene rings is 1. The number of H-pyrrole nitrogens is 1. The summed E-state index contributed by atoms with van der Waals surface area (Å²) in [7, 11) is 1.65. The van der Waals surface area contributed by atoms with Crippen molar-refractivity contribution in [1.29, 1.82) is 0 Å². The lowest BCUT2D eigenvalue weighted by Gasteiger charge is -2.36. The van der Waals surface area contributed by atoms with Gasteiger partial charge in [-0.3, -0.25) is 9.69 Å². The summed E-state index contributed by atoms with van der Waals surface area (Å²) in [6.45, 7) is 7.66. The number of carbonyl (C=O) groups excluding carboxylic acids is 2. The van der Waals surface area contributed by atoms with E-state index in [0.717, 1.165) is 44.0 Å². The molecule has 4 N–H and O–H groups in total. The van der Waals surface area contributed by atoms with Crippen molar-refractivity contribution in [2.24, 2.45) is 0 Å². The molecule has 0 saturated heterocycles. The number of aromatic amines is 1. The van der Waals surface area contributed by atoms with Crippen LogP contribution >= 0.6 is 11.3 Å². The SMILES string of the molecule is COc1ccc(CN2CCc3c(sc(N)c3C(=O)OC(C)(C)C)C2CNC(=O)c2cc3cc(OCc4ccccc4)ccc3[nH]2)cc1. The summed E-state index contributed by atoms with van der Waals surface area (Å²) in [6.07, 6.45) is 0.648. The van der Waals surface area contributed by atoms with Crippen LogP contribution in [0.1, 0.15) is 69.2 Å². The van der Waals surface area contributed by atoms with Crippen LogP contribution in [0.4, 0.5) is 5.00 Å². The Bertz CT molecular complexity index is 1870. The second-order valence-electron chi connectivity index (χ2n) is 12.7. The number of nitrogens with two attached hydrogens (primary N) is 1. The Hall–Kier alpha value is -4.80. The Morgan fingerprint density at radius 3 is 2.47 bits per heavy atom. The Kier molecular flexibility index (Phi) is 9.24. The highest BCUT2D eigenvalue weighted by molar-refractivity contribution is 7.16. The smallest absolute Gasteiger partial charge is 0.341 e. The van der Waals surface area contributed by atoms with E-state index in [4.69, 9.17) is 19.9 Å². The number of rotatable bonds is 10. The van der Waals surface area contributed by atoms with E-state index in [2.05, 4.69) is 15.2 Å². The van der Waals surface area contributed by atoms with Gasteiger partial charge in [0.05, 0.1) is 18.7 Å². The molecule has 0 spiro atoms. The van der Waals surface area contributed by atoms with Crippen molar-refractivity contribution in [2.45, 2.75) is 52.0 Å². The molecule has 0 bridgehead atoms. The molecule has 3 heterocycles. The Balaban J connectivity index is 1.21. The Morgan fingerprint density at radius 1 is 1.00 bits per heavy atom. The van der Waals surface area contributed by atoms with Gasteiger partial charge in [-0.2, -0.15) is 0 Å². The molecule has 1 amide bonds. The van der Waals surface area contributed by atoms with E-state index in [1.807, 2.05) is 99.6 Å². The summed E-state index contributed by atoms with van der Waals surface area (Å²) in [6, 6.07) is 25.4. The quantitative estimate of drug-likeness (QED) is 0.141. The number of hydrogen-bond acceptors (Lipinski definition) is 8. The zero-order valence-electron chi connectivity index (χ0n) is 27.1. The van der Waals surface area contributed by atoms with Gasteiger partial charge in [0.2, 0.25) is 0 Å². The molecule has 10 heteroatoms. The molecule has 9 nitrogen and oxygen atoms in total. The second kappa shape index (κ2) is 13.5. The lowest BCUT2D eigenvalue weighted by molar-refractivity contribution is 0.00689. The van der Waals surface area contributed by atoms with Crippen LogP contribution in [0.2, 0.25) is 0 Å². The number of nitrogens with zero attached hydrogens (tertiary/aromatic N) is 1. The monoisotopic (exact) mass is 652 g/mol. The largest absolute Gasteiger partial charge is 0.497 e. The minimum Gasteiger partial charge on any atom is -0.497 e. The van der Waals surface area contributed by atoms with Gasteiger partial charge in [-0.05, 0) is 80.3 Å². The number of nitrogen functional groups attached to an aromatic ring is 1. The number of anilines is 1. The fourth-order valence-electron chi connectivity index (χ4n) is 5.88. The molecule has 3 aromatic carbocycles. The number of nitrogens with one attached hydrogen (secondary N) is 2. The predicted octanol–water partition coefficient (Wildman–Crippen LogP) is 6.88. The molecule has 1 aliphatic rings. The number of hydrogen-bond donors (Lipinski definition) is 3. The van der Waals surface area contributed by atoms with Crippen LogP contribution in [-0.4, -0.2) is 47.6 Å². The summed E-state index contributed by atoms with van der Waals surface area (Å²) in [4.78, 5) is 33.3. The highest BCUT2D eigenvalue weighted by Crippen LogP contribution is 2.42. The number of ether oxygens (including phenoxy) is 3. The van der Waals surface area contributed by atoms with E-state index in [1.54, 1.807) is 7.11 Å². The number of fused-ring (bicyclic) bond motifs is 2. The Labute approximate surface area is 278 Å². The number of aromatic nitrogens is 1. The molecule has 244 valence electrons. The first-order valence-corrected chi connectivity index (χ1v) is 16.5. The van der Waals surface area contributed by atoms with Crippen LogP contribution in [0.15, 0.2) is 78.9 Å². The molecule has 0 fully saturated rings. The zero-order valence-corrected chi connectivity index (χ0v) is 27.9. The summed E-state index contributed by atoms with van der Waals surface area (Å²) in [5, 5.41) is 4.47. The van der Waals surface area contributed by atoms with Crippen LogP contribution in [0.3, 0.4) is 0 Å². The molecular weight excluding hydrogens is 612 g/mol. The van der Waals surface area contributed by atoms with E-state index in [-0.39, 0.29) is 11.9 Å². The molecule has 5 aromatic rings. The van der Waals surface area contributed by atoms with Gasteiger partial charge in [-0.15, -0.1) is 11.3 Å². The van der Waals surface area contributed by atoms with Crippen LogP contribution in [0.25, 0.3) is 10.9 Å². The average molecular weight is 653 g/mol. The first-order chi connectivity index (χ1) is 22.6. The van der Waals surface area contributed by atoms with Crippen molar-refractivity contribution in [2.75, 3.05) is 25.9 Å². The Morgan fingerprint density at radius 2 is 1.74 bits per heavy atom. The van der Waals surface area contributed by atoms with E-state index >= 15 is 0 Å². The van der Waals surface area contributed by atoms with Crippen molar-refractivity contribution in [3.63, 3.8) is 0 Å². The minimum absolute atomic E-state index is 0.198. The zero-order chi connectivity index (χ0) is 33.1. The number of esters is 1. The van der Waals surface area contributed by atoms with Gasteiger partial charge in [-0.1, -0.05) is 42.5 Å². The molecule has 0 radical (unpaired) electrons. The molecule has 1 atom stereocenters. The van der Waals surface area contributed by atoms with Crippen LogP contribution in [0.5, 0.6) is 11.5 Å². The highest BCUT2D eigenvalue weighted by Gasteiger charge is 2.36. The van der Waals surface area contributed by atoms with Crippen molar-refractivity contribution in [3.05, 3.63) is 112 Å². The second-order valence-corrected chi connectivity index (χ2v) is 13.8. The summed E-state index contributed by atoms with van der Waals surface area (Å²) < 4.78 is 17.0. The maximum absolute atomic E-state index is 13.5. The van der Waals surface area contributed by atoms with Crippen molar-refractivity contribution >= 4 is 39.1 Å². The van der Waals surface area contributed by atoms with E-state index in [0.29, 0.717) is 48.9 Å². The normalized spacial score (nSPS) is 14.9. The molecular formula is C37H40N4O5S. The predicted molar refractivity (Wildman–Crippen MR) is 185 cm³/mol. The minimum atomic E-state index is -0.644. The van der Waals surface area contributed by atoms with Gasteiger partial charge in [-0.25, -0.2) is 4.79 Å². The van der Waals surface area contributed by atoms with Crippen molar-refractivity contribution in [1.82, 2.24) is 15.2 Å². The maximum atomic E-state index is 13.5. The lowest BCUT2D eigenvalue weighted by atomic mass is 9.96.